The summed E-state index contributed by atoms with van der Waals surface area (Å²) in [6.45, 7) is 0. The van der Waals surface area contributed by atoms with Crippen LogP contribution in [0.2, 0.25) is 0 Å². The van der Waals surface area contributed by atoms with Gasteiger partial charge in [-0.2, -0.15) is 0 Å². The number of hydrogen-bond acceptors (Lipinski definition) is 12. The highest BCUT2D eigenvalue weighted by atomic mass is 16.3. The average molecular weight is 1920 g/mol. The fourth-order valence-electron chi connectivity index (χ4n) is 21.2. The van der Waals surface area contributed by atoms with Crippen LogP contribution in [0.5, 0.6) is 0 Å². The van der Waals surface area contributed by atoms with Gasteiger partial charge in [-0.05, 0) is 149 Å². The smallest absolute Gasteiger partial charge is 0.166 e. The summed E-state index contributed by atoms with van der Waals surface area (Å²) in [6.07, 6.45) is 0. The Balaban J connectivity index is 0.000000108. The SMILES string of the molecule is c1ccc(-c2ccc(-c3nc(-c4ccccc4)nc(-c4ccccc4-n4c5ccccc5c5cc6c(cc54)oc4ccccc46)n3)cc2)cc1.c1ccc(-c2cccc(-c3nc(-c4ccccc4)nc(-c4ccc(-n5c6ccccc6c6cc7c(cc65)oc5ccccc57)cc4)n3)c2)cc1.c1ccc(-c2cccc(-c3nc(-c4ccccc4)nc(-c4cccc(-n5c6ccccc6c6cc7c(cc65)oc5ccccc57)c4)n3)c2)cc1. The molecule has 0 fully saturated rings. The topological polar surface area (TPSA) is 170 Å². The molecule has 702 valence electrons. The average Bonchev–Trinajstić information content (AvgIpc) is 1.58. The van der Waals surface area contributed by atoms with Gasteiger partial charge in [-0.15, -0.1) is 0 Å². The summed E-state index contributed by atoms with van der Waals surface area (Å²) in [6, 6.07) is 176. The molecular formula is C135H84N12O3. The van der Waals surface area contributed by atoms with Crippen LogP contribution in [0, 0.1) is 0 Å². The van der Waals surface area contributed by atoms with Crippen molar-refractivity contribution in [3.8, 4) is 153 Å². The molecule has 0 atom stereocenters. The van der Waals surface area contributed by atoms with E-state index in [1.54, 1.807) is 0 Å². The molecular weight excluding hydrogens is 1840 g/mol. The number of para-hydroxylation sites is 7. The maximum absolute atomic E-state index is 6.38. The Morgan fingerprint density at radius 2 is 0.380 bits per heavy atom. The zero-order valence-electron chi connectivity index (χ0n) is 80.6. The van der Waals surface area contributed by atoms with Crippen molar-refractivity contribution in [1.82, 2.24) is 58.6 Å². The highest BCUT2D eigenvalue weighted by Crippen LogP contribution is 2.46. The molecule has 0 aliphatic carbocycles. The van der Waals surface area contributed by atoms with Crippen molar-refractivity contribution in [2.24, 2.45) is 0 Å². The van der Waals surface area contributed by atoms with E-state index >= 15 is 0 Å². The monoisotopic (exact) mass is 1920 g/mol. The van der Waals surface area contributed by atoms with Crippen molar-refractivity contribution >= 4 is 131 Å². The van der Waals surface area contributed by atoms with Crippen LogP contribution in [0.15, 0.2) is 523 Å². The maximum atomic E-state index is 6.38. The van der Waals surface area contributed by atoms with Crippen LogP contribution in [0.4, 0.5) is 0 Å². The van der Waals surface area contributed by atoms with Gasteiger partial charge in [0.25, 0.3) is 0 Å². The first kappa shape index (κ1) is 87.3. The third-order valence-electron chi connectivity index (χ3n) is 28.4. The van der Waals surface area contributed by atoms with Crippen LogP contribution >= 0.6 is 0 Å². The number of rotatable bonds is 15. The molecule has 30 rings (SSSR count). The van der Waals surface area contributed by atoms with E-state index in [9.17, 15) is 0 Å². The number of hydrogen-bond donors (Lipinski definition) is 0. The molecule has 0 saturated heterocycles. The van der Waals surface area contributed by atoms with E-state index in [0.717, 1.165) is 199 Å². The molecule has 0 N–H and O–H groups in total. The second kappa shape index (κ2) is 37.0. The van der Waals surface area contributed by atoms with E-state index in [1.807, 2.05) is 152 Å². The molecule has 15 heteroatoms. The molecule has 9 aromatic heterocycles. The van der Waals surface area contributed by atoms with Gasteiger partial charge in [0.15, 0.2) is 52.4 Å². The minimum Gasteiger partial charge on any atom is -0.456 e. The molecule has 30 aromatic rings. The third-order valence-corrected chi connectivity index (χ3v) is 28.4. The van der Waals surface area contributed by atoms with E-state index < -0.39 is 0 Å². The summed E-state index contributed by atoms with van der Waals surface area (Å²) in [5, 5.41) is 13.8. The van der Waals surface area contributed by atoms with Crippen LogP contribution in [0.25, 0.3) is 284 Å². The lowest BCUT2D eigenvalue weighted by molar-refractivity contribution is 0.669. The number of fused-ring (bicyclic) bond motifs is 18. The van der Waals surface area contributed by atoms with Crippen molar-refractivity contribution in [3.63, 3.8) is 0 Å². The Morgan fingerprint density at radius 1 is 0.127 bits per heavy atom. The fourth-order valence-corrected chi connectivity index (χ4v) is 21.2. The molecule has 0 unspecified atom stereocenters. The molecule has 0 amide bonds. The standard InChI is InChI=1S/3C45H28N4O/c1-3-13-29(14-4-1)30-23-25-32(26-24-30)44-46-43(31-15-5-2-6-16-31)47-45(48-44)35-19-8-11-21-39(35)49-38-20-10-7-17-33(38)36-27-37-34-18-9-12-22-41(34)50-42(37)28-40(36)49;1-3-13-29(14-4-1)31-17-11-18-32(25-31)44-46-43(30-15-5-2-6-16-30)47-45(48-44)33-19-12-20-34(26-33)49-39-23-9-7-21-35(39)37-27-38-36-22-8-10-24-41(36)50-42(38)28-40(37)49;1-3-12-29(13-4-1)32-16-11-17-33(26-32)45-47-43(30-14-5-2-6-15-30)46-44(48-45)31-22-24-34(25-23-31)49-39-20-9-7-18-35(39)37-27-38-36-19-8-10-21-41(36)50-42(38)28-40(37)49/h3*1-28H. The van der Waals surface area contributed by atoms with Crippen LogP contribution in [-0.2, 0) is 0 Å². The summed E-state index contributed by atoms with van der Waals surface area (Å²) >= 11 is 0. The van der Waals surface area contributed by atoms with Gasteiger partial charge < -0.3 is 27.0 Å². The molecule has 0 spiro atoms. The lowest BCUT2D eigenvalue weighted by atomic mass is 10.0. The normalized spacial score (nSPS) is 11.6. The fraction of sp³-hybridized carbons (Fsp3) is 0. The number of nitrogens with zero attached hydrogens (tertiary/aromatic N) is 12. The van der Waals surface area contributed by atoms with Gasteiger partial charge in [0, 0.05) is 144 Å². The van der Waals surface area contributed by atoms with Crippen molar-refractivity contribution < 1.29 is 13.3 Å². The summed E-state index contributed by atoms with van der Waals surface area (Å²) < 4.78 is 26.0. The summed E-state index contributed by atoms with van der Waals surface area (Å²) in [7, 11) is 0. The minimum absolute atomic E-state index is 0.604. The predicted molar refractivity (Wildman–Crippen MR) is 610 cm³/mol. The van der Waals surface area contributed by atoms with Crippen LogP contribution in [0.3, 0.4) is 0 Å². The van der Waals surface area contributed by atoms with Gasteiger partial charge in [-0.1, -0.05) is 376 Å². The lowest BCUT2D eigenvalue weighted by Crippen LogP contribution is -2.03. The predicted octanol–water partition coefficient (Wildman–Crippen LogP) is 34.6. The van der Waals surface area contributed by atoms with E-state index in [-0.39, 0.29) is 0 Å². The second-order valence-corrected chi connectivity index (χ2v) is 37.4. The Kier molecular flexibility index (Phi) is 21.5. The van der Waals surface area contributed by atoms with Gasteiger partial charge >= 0.3 is 0 Å². The lowest BCUT2D eigenvalue weighted by Gasteiger charge is -2.14. The Bertz CT molecular complexity index is 10500. The molecule has 9 heterocycles. The second-order valence-electron chi connectivity index (χ2n) is 37.4. The Labute approximate surface area is 859 Å². The summed E-state index contributed by atoms with van der Waals surface area (Å²) in [5.74, 6) is 5.61. The molecule has 0 saturated carbocycles. The van der Waals surface area contributed by atoms with Gasteiger partial charge in [0.05, 0.1) is 38.8 Å². The summed E-state index contributed by atoms with van der Waals surface area (Å²) in [5.41, 5.74) is 30.0. The highest BCUT2D eigenvalue weighted by Gasteiger charge is 2.26. The Morgan fingerprint density at radius 3 is 0.773 bits per heavy atom. The molecule has 150 heavy (non-hydrogen) atoms. The van der Waals surface area contributed by atoms with Gasteiger partial charge in [-0.3, -0.25) is 0 Å². The van der Waals surface area contributed by atoms with Crippen molar-refractivity contribution in [2.45, 2.75) is 0 Å². The summed E-state index contributed by atoms with van der Waals surface area (Å²) in [4.78, 5) is 45.4. The van der Waals surface area contributed by atoms with Crippen LogP contribution in [0.1, 0.15) is 0 Å². The highest BCUT2D eigenvalue weighted by molar-refractivity contribution is 6.21. The zero-order valence-corrected chi connectivity index (χ0v) is 80.6. The van der Waals surface area contributed by atoms with Crippen LogP contribution in [-0.4, -0.2) is 58.6 Å². The molecule has 21 aromatic carbocycles. The maximum Gasteiger partial charge on any atom is 0.166 e. The van der Waals surface area contributed by atoms with E-state index in [4.69, 9.17) is 58.1 Å². The van der Waals surface area contributed by atoms with Crippen molar-refractivity contribution in [1.29, 1.82) is 0 Å². The van der Waals surface area contributed by atoms with Crippen molar-refractivity contribution in [3.05, 3.63) is 510 Å². The first-order valence-corrected chi connectivity index (χ1v) is 50.1. The number of benzene rings is 21. The number of aromatic nitrogens is 12. The van der Waals surface area contributed by atoms with Gasteiger partial charge in [0.1, 0.15) is 33.5 Å². The third kappa shape index (κ3) is 15.9. The first-order valence-electron chi connectivity index (χ1n) is 50.1. The van der Waals surface area contributed by atoms with Crippen LogP contribution < -0.4 is 0 Å². The van der Waals surface area contributed by atoms with Gasteiger partial charge in [-0.25, -0.2) is 44.9 Å². The molecule has 0 aliphatic heterocycles. The molecule has 0 radical (unpaired) electrons. The van der Waals surface area contributed by atoms with E-state index in [2.05, 4.69) is 372 Å². The van der Waals surface area contributed by atoms with E-state index in [0.29, 0.717) is 52.4 Å². The molecule has 0 bridgehead atoms. The van der Waals surface area contributed by atoms with E-state index in [1.165, 1.54) is 32.5 Å². The van der Waals surface area contributed by atoms with Gasteiger partial charge in [0.2, 0.25) is 0 Å². The molecule has 15 nitrogen and oxygen atoms in total. The quantitative estimate of drug-likeness (QED) is 0.0953. The van der Waals surface area contributed by atoms with Crippen molar-refractivity contribution in [2.75, 3.05) is 0 Å². The zero-order chi connectivity index (χ0) is 99.1. The largest absolute Gasteiger partial charge is 0.456 e. The molecule has 0 aliphatic rings. The Hall–Kier alpha value is -20.6. The first-order chi connectivity index (χ1) is 74.3. The number of furan rings is 3. The minimum atomic E-state index is 0.604.